The molecule has 1 fully saturated rings. The Hall–Kier alpha value is -3.06. The third-order valence-corrected chi connectivity index (χ3v) is 5.44. The minimum Gasteiger partial charge on any atom is -0.309 e. The number of rotatable bonds is 4. The van der Waals surface area contributed by atoms with Crippen LogP contribution in [0.1, 0.15) is 52.1 Å². The number of hydrogen-bond donors (Lipinski definition) is 0. The molecule has 2 aliphatic rings. The van der Waals surface area contributed by atoms with Crippen LogP contribution in [0.2, 0.25) is 5.02 Å². The topological polar surface area (TPSA) is 81.0 Å². The first-order valence-electron chi connectivity index (χ1n) is 9.05. The lowest BCUT2D eigenvalue weighted by Crippen LogP contribution is -2.24. The maximum atomic E-state index is 12.9. The fourth-order valence-corrected chi connectivity index (χ4v) is 3.83. The van der Waals surface area contributed by atoms with Crippen molar-refractivity contribution >= 4 is 29.1 Å². The standard InChI is InChI=1S/C20H16ClN5O2/c1-11(27)14-7-12-9-25(20(28)15(12)8-16(14)21)18-4-2-3-17(23-18)19-24-22-10-26(19)13-5-6-13/h2-4,7-8,10,13H,5-6,9H2,1H3. The van der Waals surface area contributed by atoms with Gasteiger partial charge in [0.2, 0.25) is 0 Å². The molecule has 1 saturated carbocycles. The Labute approximate surface area is 166 Å². The average Bonchev–Trinajstić information content (AvgIpc) is 3.32. The molecule has 7 nitrogen and oxygen atoms in total. The zero-order valence-corrected chi connectivity index (χ0v) is 15.8. The first-order valence-corrected chi connectivity index (χ1v) is 9.43. The summed E-state index contributed by atoms with van der Waals surface area (Å²) in [5, 5.41) is 8.52. The highest BCUT2D eigenvalue weighted by atomic mass is 35.5. The first kappa shape index (κ1) is 17.1. The van der Waals surface area contributed by atoms with Crippen LogP contribution in [-0.4, -0.2) is 31.4 Å². The third-order valence-electron chi connectivity index (χ3n) is 5.13. The summed E-state index contributed by atoms with van der Waals surface area (Å²) >= 11 is 6.18. The van der Waals surface area contributed by atoms with Crippen LogP contribution in [0.5, 0.6) is 0 Å². The molecule has 28 heavy (non-hydrogen) atoms. The fourth-order valence-electron chi connectivity index (χ4n) is 3.53. The van der Waals surface area contributed by atoms with Crippen LogP contribution in [-0.2, 0) is 6.54 Å². The van der Waals surface area contributed by atoms with Gasteiger partial charge in [-0.05, 0) is 49.6 Å². The van der Waals surface area contributed by atoms with E-state index in [1.807, 2.05) is 16.7 Å². The molecule has 0 atom stereocenters. The lowest BCUT2D eigenvalue weighted by Gasteiger charge is -2.15. The number of ketones is 1. The predicted molar refractivity (Wildman–Crippen MR) is 103 cm³/mol. The molecule has 1 aliphatic carbocycles. The van der Waals surface area contributed by atoms with E-state index in [9.17, 15) is 9.59 Å². The van der Waals surface area contributed by atoms with Gasteiger partial charge < -0.3 is 4.57 Å². The summed E-state index contributed by atoms with van der Waals surface area (Å²) in [6, 6.07) is 9.21. The van der Waals surface area contributed by atoms with Crippen LogP contribution >= 0.6 is 11.6 Å². The van der Waals surface area contributed by atoms with Crippen molar-refractivity contribution in [1.29, 1.82) is 0 Å². The second kappa shape index (κ2) is 6.24. The summed E-state index contributed by atoms with van der Waals surface area (Å²) in [6.45, 7) is 1.81. The normalized spacial score (nSPS) is 15.8. The molecule has 0 saturated heterocycles. The molecular formula is C20H16ClN5O2. The number of halogens is 1. The number of hydrogen-bond acceptors (Lipinski definition) is 5. The van der Waals surface area contributed by atoms with Crippen molar-refractivity contribution in [2.24, 2.45) is 0 Å². The van der Waals surface area contributed by atoms with E-state index in [4.69, 9.17) is 11.6 Å². The van der Waals surface area contributed by atoms with E-state index in [-0.39, 0.29) is 11.7 Å². The number of anilines is 1. The monoisotopic (exact) mass is 393 g/mol. The summed E-state index contributed by atoms with van der Waals surface area (Å²) in [5.74, 6) is 0.929. The van der Waals surface area contributed by atoms with Crippen LogP contribution in [0.3, 0.4) is 0 Å². The molecule has 0 N–H and O–H groups in total. The molecule has 0 unspecified atom stereocenters. The Kier molecular flexibility index (Phi) is 3.80. The highest BCUT2D eigenvalue weighted by Gasteiger charge is 2.32. The lowest BCUT2D eigenvalue weighted by atomic mass is 10.0. The summed E-state index contributed by atoms with van der Waals surface area (Å²) < 4.78 is 2.03. The van der Waals surface area contributed by atoms with Crippen LogP contribution in [0.4, 0.5) is 5.82 Å². The summed E-state index contributed by atoms with van der Waals surface area (Å²) in [6.07, 6.45) is 3.96. The molecule has 5 rings (SSSR count). The smallest absolute Gasteiger partial charge is 0.260 e. The number of carbonyl (C=O) groups is 2. The van der Waals surface area contributed by atoms with Crippen molar-refractivity contribution in [3.05, 3.63) is 58.4 Å². The highest BCUT2D eigenvalue weighted by Crippen LogP contribution is 2.38. The van der Waals surface area contributed by atoms with Gasteiger partial charge in [0.25, 0.3) is 5.91 Å². The number of pyridine rings is 1. The van der Waals surface area contributed by atoms with E-state index in [1.165, 1.54) is 6.92 Å². The molecule has 1 amide bonds. The summed E-state index contributed by atoms with van der Waals surface area (Å²) in [4.78, 5) is 30.9. The van der Waals surface area contributed by atoms with Gasteiger partial charge in [0, 0.05) is 17.2 Å². The molecule has 1 aliphatic heterocycles. The van der Waals surface area contributed by atoms with Crippen molar-refractivity contribution < 1.29 is 9.59 Å². The van der Waals surface area contributed by atoms with Gasteiger partial charge in [0.15, 0.2) is 11.6 Å². The number of amides is 1. The summed E-state index contributed by atoms with van der Waals surface area (Å²) in [5.41, 5.74) is 2.37. The van der Waals surface area contributed by atoms with E-state index < -0.39 is 0 Å². The third kappa shape index (κ3) is 2.70. The zero-order chi connectivity index (χ0) is 19.4. The van der Waals surface area contributed by atoms with Crippen LogP contribution in [0.25, 0.3) is 11.5 Å². The molecule has 0 bridgehead atoms. The number of Topliss-reactive ketones (excluding diaryl/α,β-unsaturated/α-hetero) is 1. The molecule has 0 radical (unpaired) electrons. The van der Waals surface area contributed by atoms with Crippen molar-refractivity contribution in [2.45, 2.75) is 32.4 Å². The van der Waals surface area contributed by atoms with Gasteiger partial charge in [0.1, 0.15) is 17.8 Å². The number of fused-ring (bicyclic) bond motifs is 1. The molecule has 140 valence electrons. The second-order valence-electron chi connectivity index (χ2n) is 7.11. The van der Waals surface area contributed by atoms with Crippen molar-refractivity contribution in [3.8, 4) is 11.5 Å². The highest BCUT2D eigenvalue weighted by molar-refractivity contribution is 6.34. The lowest BCUT2D eigenvalue weighted by molar-refractivity contribution is 0.0991. The van der Waals surface area contributed by atoms with E-state index >= 15 is 0 Å². The molecule has 0 spiro atoms. The van der Waals surface area contributed by atoms with E-state index in [0.717, 1.165) is 18.4 Å². The number of carbonyl (C=O) groups excluding carboxylic acids is 2. The molecule has 2 aromatic heterocycles. The molecule has 3 aromatic rings. The van der Waals surface area contributed by atoms with Crippen LogP contribution in [0.15, 0.2) is 36.7 Å². The minimum atomic E-state index is -0.180. The van der Waals surface area contributed by atoms with E-state index in [2.05, 4.69) is 15.2 Å². The maximum absolute atomic E-state index is 12.9. The molecule has 8 heteroatoms. The number of benzene rings is 1. The average molecular weight is 394 g/mol. The fraction of sp³-hybridized carbons (Fsp3) is 0.250. The predicted octanol–water partition coefficient (Wildman–Crippen LogP) is 3.69. The Morgan fingerprint density at radius 1 is 1.25 bits per heavy atom. The SMILES string of the molecule is CC(=O)c1cc2c(cc1Cl)C(=O)N(c1cccc(-c3nncn3C3CC3)n1)C2. The van der Waals surface area contributed by atoms with Gasteiger partial charge in [-0.25, -0.2) is 4.98 Å². The van der Waals surface area contributed by atoms with Gasteiger partial charge in [0.05, 0.1) is 11.6 Å². The maximum Gasteiger partial charge on any atom is 0.260 e. The van der Waals surface area contributed by atoms with Gasteiger partial charge in [-0.2, -0.15) is 0 Å². The van der Waals surface area contributed by atoms with Gasteiger partial charge in [-0.3, -0.25) is 14.5 Å². The van der Waals surface area contributed by atoms with Gasteiger partial charge in [-0.15, -0.1) is 10.2 Å². The van der Waals surface area contributed by atoms with E-state index in [0.29, 0.717) is 46.1 Å². The second-order valence-corrected chi connectivity index (χ2v) is 7.52. The zero-order valence-electron chi connectivity index (χ0n) is 15.1. The molecule has 1 aromatic carbocycles. The van der Waals surface area contributed by atoms with Crippen LogP contribution < -0.4 is 4.90 Å². The van der Waals surface area contributed by atoms with Gasteiger partial charge in [-0.1, -0.05) is 17.7 Å². The molecule has 3 heterocycles. The Morgan fingerprint density at radius 3 is 2.82 bits per heavy atom. The van der Waals surface area contributed by atoms with Crippen LogP contribution in [0, 0.1) is 0 Å². The number of aromatic nitrogens is 4. The summed E-state index contributed by atoms with van der Waals surface area (Å²) in [7, 11) is 0. The quantitative estimate of drug-likeness (QED) is 0.631. The van der Waals surface area contributed by atoms with Crippen molar-refractivity contribution in [2.75, 3.05) is 4.90 Å². The first-order chi connectivity index (χ1) is 13.5. The van der Waals surface area contributed by atoms with Gasteiger partial charge >= 0.3 is 0 Å². The van der Waals surface area contributed by atoms with Crippen molar-refractivity contribution in [3.63, 3.8) is 0 Å². The van der Waals surface area contributed by atoms with Crippen molar-refractivity contribution in [1.82, 2.24) is 19.7 Å². The minimum absolute atomic E-state index is 0.127. The largest absolute Gasteiger partial charge is 0.309 e. The Balaban J connectivity index is 1.51. The molecular weight excluding hydrogens is 378 g/mol. The Bertz CT molecular complexity index is 1140. The van der Waals surface area contributed by atoms with E-state index in [1.54, 1.807) is 29.4 Å². The Morgan fingerprint density at radius 2 is 2.07 bits per heavy atom. The number of nitrogens with zero attached hydrogens (tertiary/aromatic N) is 5.